The van der Waals surface area contributed by atoms with Crippen LogP contribution >= 0.6 is 0 Å². The molecule has 4 heterocycles. The number of epoxide rings is 4. The van der Waals surface area contributed by atoms with E-state index < -0.39 is 0 Å². The average Bonchev–Trinajstić information content (AvgIpc) is 3.39. The molecule has 7 atom stereocenters. The van der Waals surface area contributed by atoms with Crippen LogP contribution in [-0.2, 0) is 18.9 Å². The van der Waals surface area contributed by atoms with Crippen molar-refractivity contribution in [3.05, 3.63) is 0 Å². The van der Waals surface area contributed by atoms with Gasteiger partial charge in [0.2, 0.25) is 0 Å². The lowest BCUT2D eigenvalue weighted by molar-refractivity contribution is -0.0103. The summed E-state index contributed by atoms with van der Waals surface area (Å²) in [7, 11) is 0. The van der Waals surface area contributed by atoms with Crippen LogP contribution in [0.1, 0.15) is 51.4 Å². The lowest BCUT2D eigenvalue weighted by Gasteiger charge is -2.55. The Morgan fingerprint density at radius 1 is 0.778 bits per heavy atom. The maximum Gasteiger partial charge on any atom is 0.0827 e. The minimum Gasteiger partial charge on any atom is -0.373 e. The Morgan fingerprint density at radius 3 is 1.70 bits per heavy atom. The van der Waals surface area contributed by atoms with E-state index in [2.05, 4.69) is 0 Å². The van der Waals surface area contributed by atoms with Gasteiger partial charge in [-0.3, -0.25) is 0 Å². The van der Waals surface area contributed by atoms with E-state index in [4.69, 9.17) is 30.4 Å². The van der Waals surface area contributed by atoms with E-state index in [1.807, 2.05) is 0 Å². The normalized spacial score (nSPS) is 50.9. The average molecular weight is 379 g/mol. The Balaban J connectivity index is 1.34. The molecule has 2 bridgehead atoms. The Morgan fingerprint density at radius 2 is 1.26 bits per heavy atom. The first-order valence-electron chi connectivity index (χ1n) is 11.0. The fourth-order valence-corrected chi connectivity index (χ4v) is 7.10. The van der Waals surface area contributed by atoms with Crippen LogP contribution in [0, 0.1) is 17.3 Å². The first-order valence-corrected chi connectivity index (χ1v) is 11.0. The molecule has 6 nitrogen and oxygen atoms in total. The zero-order valence-corrected chi connectivity index (χ0v) is 16.2. The molecule has 4 N–H and O–H groups in total. The van der Waals surface area contributed by atoms with Gasteiger partial charge in [0.1, 0.15) is 0 Å². The molecule has 7 unspecified atom stereocenters. The summed E-state index contributed by atoms with van der Waals surface area (Å²) >= 11 is 0. The van der Waals surface area contributed by atoms with Gasteiger partial charge in [-0.2, -0.15) is 0 Å². The second-order valence-corrected chi connectivity index (χ2v) is 10.6. The molecule has 0 aromatic rings. The van der Waals surface area contributed by atoms with Crippen LogP contribution in [0.5, 0.6) is 0 Å². The molecule has 0 spiro atoms. The number of hydrogen-bond donors (Lipinski definition) is 2. The number of nitrogens with two attached hydrogens (primary N) is 2. The summed E-state index contributed by atoms with van der Waals surface area (Å²) in [6.07, 6.45) is 10.2. The van der Waals surface area contributed by atoms with Crippen LogP contribution in [0.4, 0.5) is 0 Å². The lowest BCUT2D eigenvalue weighted by atomic mass is 9.53. The molecule has 2 saturated carbocycles. The summed E-state index contributed by atoms with van der Waals surface area (Å²) in [6.45, 7) is 3.48. The molecule has 6 fully saturated rings. The van der Waals surface area contributed by atoms with Crippen LogP contribution in [0.25, 0.3) is 0 Å². The summed E-state index contributed by atoms with van der Waals surface area (Å²) in [5.74, 6) is 1.24. The van der Waals surface area contributed by atoms with E-state index in [0.29, 0.717) is 30.3 Å². The van der Waals surface area contributed by atoms with Crippen LogP contribution in [0.3, 0.4) is 0 Å². The Hall–Kier alpha value is -0.240. The number of hydrogen-bond acceptors (Lipinski definition) is 6. The van der Waals surface area contributed by atoms with Gasteiger partial charge in [-0.05, 0) is 68.6 Å². The van der Waals surface area contributed by atoms with Gasteiger partial charge in [0.05, 0.1) is 50.8 Å². The molecule has 27 heavy (non-hydrogen) atoms. The molecule has 0 aromatic heterocycles. The lowest BCUT2D eigenvalue weighted by Crippen LogP contribution is -2.65. The van der Waals surface area contributed by atoms with Crippen molar-refractivity contribution in [3.8, 4) is 0 Å². The van der Waals surface area contributed by atoms with Crippen molar-refractivity contribution in [3.63, 3.8) is 0 Å². The van der Waals surface area contributed by atoms with Gasteiger partial charge in [0.15, 0.2) is 0 Å². The summed E-state index contributed by atoms with van der Waals surface area (Å²) in [6, 6.07) is 0. The summed E-state index contributed by atoms with van der Waals surface area (Å²) in [4.78, 5) is 0. The first-order chi connectivity index (χ1) is 13.0. The largest absolute Gasteiger partial charge is 0.373 e. The smallest absolute Gasteiger partial charge is 0.0827 e. The second kappa shape index (κ2) is 5.89. The van der Waals surface area contributed by atoms with Crippen molar-refractivity contribution in [2.45, 2.75) is 86.9 Å². The molecule has 0 aromatic carbocycles. The molecule has 152 valence electrons. The third-order valence-corrected chi connectivity index (χ3v) is 8.58. The van der Waals surface area contributed by atoms with E-state index >= 15 is 0 Å². The second-order valence-electron chi connectivity index (χ2n) is 10.6. The van der Waals surface area contributed by atoms with E-state index in [0.717, 1.165) is 58.0 Å². The Kier molecular flexibility index (Phi) is 3.84. The highest BCUT2D eigenvalue weighted by atomic mass is 16.6. The molecule has 6 rings (SSSR count). The Bertz CT molecular complexity index is 571. The predicted octanol–water partition coefficient (Wildman–Crippen LogP) is 1.34. The molecule has 0 radical (unpaired) electrons. The quantitative estimate of drug-likeness (QED) is 0.556. The van der Waals surface area contributed by atoms with Crippen molar-refractivity contribution in [2.24, 2.45) is 28.7 Å². The van der Waals surface area contributed by atoms with Gasteiger partial charge in [-0.1, -0.05) is 0 Å². The van der Waals surface area contributed by atoms with Crippen molar-refractivity contribution in [1.29, 1.82) is 0 Å². The molecule has 4 aliphatic heterocycles. The van der Waals surface area contributed by atoms with Crippen LogP contribution in [0.2, 0.25) is 0 Å². The number of fused-ring (bicyclic) bond motifs is 2. The minimum atomic E-state index is -0.231. The van der Waals surface area contributed by atoms with Crippen molar-refractivity contribution in [1.82, 2.24) is 0 Å². The van der Waals surface area contributed by atoms with E-state index in [1.165, 1.54) is 25.7 Å². The predicted molar refractivity (Wildman–Crippen MR) is 99.1 cm³/mol. The highest BCUT2D eigenvalue weighted by Gasteiger charge is 2.67. The van der Waals surface area contributed by atoms with Gasteiger partial charge in [-0.15, -0.1) is 0 Å². The zero-order valence-electron chi connectivity index (χ0n) is 16.2. The fourth-order valence-electron chi connectivity index (χ4n) is 7.10. The van der Waals surface area contributed by atoms with Crippen molar-refractivity contribution in [2.75, 3.05) is 26.4 Å². The monoisotopic (exact) mass is 378 g/mol. The maximum absolute atomic E-state index is 7.36. The molecule has 6 heteroatoms. The first kappa shape index (κ1) is 17.6. The summed E-state index contributed by atoms with van der Waals surface area (Å²) < 4.78 is 22.5. The highest BCUT2D eigenvalue weighted by molar-refractivity contribution is 5.21. The molecular weight excluding hydrogens is 344 g/mol. The zero-order chi connectivity index (χ0) is 18.3. The van der Waals surface area contributed by atoms with Crippen LogP contribution in [0.15, 0.2) is 0 Å². The van der Waals surface area contributed by atoms with Gasteiger partial charge in [-0.25, -0.2) is 0 Å². The third-order valence-electron chi connectivity index (χ3n) is 8.58. The van der Waals surface area contributed by atoms with Gasteiger partial charge in [0.25, 0.3) is 0 Å². The van der Waals surface area contributed by atoms with E-state index in [1.54, 1.807) is 0 Å². The maximum atomic E-state index is 7.36. The molecule has 6 aliphatic rings. The van der Waals surface area contributed by atoms with Gasteiger partial charge < -0.3 is 30.4 Å². The fraction of sp³-hybridized carbons (Fsp3) is 1.00. The molecular formula is C21H34N2O4. The third kappa shape index (κ3) is 3.17. The summed E-state index contributed by atoms with van der Waals surface area (Å²) in [5, 5.41) is 0. The van der Waals surface area contributed by atoms with Crippen LogP contribution in [-0.4, -0.2) is 61.9 Å². The Labute approximate surface area is 161 Å². The topological polar surface area (TPSA) is 102 Å². The molecule has 2 aliphatic carbocycles. The van der Waals surface area contributed by atoms with E-state index in [9.17, 15) is 0 Å². The standard InChI is InChI=1S/C21H34N2O4/c22-20(5-14-9-24-14,6-15-10-25-15)18-3-13-1-2-19(18,4-13)21(23,7-16-11-26-16)8-17-12-27-17/h13-18H,1-12,22-23H2. The van der Waals surface area contributed by atoms with Gasteiger partial charge in [0, 0.05) is 11.1 Å². The van der Waals surface area contributed by atoms with E-state index in [-0.39, 0.29) is 16.5 Å². The van der Waals surface area contributed by atoms with Gasteiger partial charge >= 0.3 is 0 Å². The van der Waals surface area contributed by atoms with Crippen molar-refractivity contribution < 1.29 is 18.9 Å². The highest BCUT2D eigenvalue weighted by Crippen LogP contribution is 2.67. The minimum absolute atomic E-state index is 0.119. The molecule has 0 amide bonds. The van der Waals surface area contributed by atoms with Crippen LogP contribution < -0.4 is 11.5 Å². The summed E-state index contributed by atoms with van der Waals surface area (Å²) in [5.41, 5.74) is 14.3. The SMILES string of the molecule is NC(CC1CO1)(CC1CO1)C1CC2CCC1(C(N)(CC1CO1)CC1CO1)C2. The van der Waals surface area contributed by atoms with Crippen molar-refractivity contribution >= 4 is 0 Å². The molecule has 4 saturated heterocycles. The number of rotatable bonds is 10. The number of ether oxygens (including phenoxy) is 4.